The SMILES string of the molecule is CC1=C2c3ccc(C4=CCNCC4)cc3C(Nc3ccccc3O)CCN2NN1. The fraction of sp³-hybridized carbons (Fsp3) is 0.304. The summed E-state index contributed by atoms with van der Waals surface area (Å²) in [6.07, 6.45) is 4.26. The minimum absolute atomic E-state index is 0.105. The van der Waals surface area contributed by atoms with Crippen LogP contribution < -0.4 is 21.6 Å². The number of aromatic hydroxyl groups is 1. The highest BCUT2D eigenvalue weighted by atomic mass is 16.3. The molecule has 6 nitrogen and oxygen atoms in total. The average Bonchev–Trinajstić information content (AvgIpc) is 3.05. The third-order valence-corrected chi connectivity index (χ3v) is 6.00. The Hall–Kier alpha value is -2.96. The largest absolute Gasteiger partial charge is 0.506 e. The number of nitrogens with zero attached hydrogens (tertiary/aromatic N) is 1. The third-order valence-electron chi connectivity index (χ3n) is 6.00. The topological polar surface area (TPSA) is 71.6 Å². The molecule has 1 atom stereocenters. The molecule has 0 saturated carbocycles. The molecule has 6 heteroatoms. The zero-order chi connectivity index (χ0) is 19.8. The van der Waals surface area contributed by atoms with Gasteiger partial charge in [-0.25, -0.2) is 0 Å². The molecule has 1 unspecified atom stereocenters. The summed E-state index contributed by atoms with van der Waals surface area (Å²) in [5.74, 6) is 0.284. The smallest absolute Gasteiger partial charge is 0.138 e. The standard InChI is InChI=1S/C23H27N5O/c1-15-23-18-7-6-17(16-8-11-24-12-9-16)14-19(18)20(10-13-28(23)27-26-15)25-21-4-2-3-5-22(21)29/h2-8,14,20,24-27,29H,9-13H2,1H3. The molecular weight excluding hydrogens is 362 g/mol. The molecule has 0 aliphatic carbocycles. The van der Waals surface area contributed by atoms with E-state index >= 15 is 0 Å². The van der Waals surface area contributed by atoms with E-state index in [1.165, 1.54) is 28.0 Å². The number of benzene rings is 2. The number of nitrogens with one attached hydrogen (secondary N) is 4. The van der Waals surface area contributed by atoms with Gasteiger partial charge in [-0.3, -0.25) is 5.01 Å². The molecule has 3 aliphatic rings. The van der Waals surface area contributed by atoms with Gasteiger partial charge < -0.3 is 21.2 Å². The van der Waals surface area contributed by atoms with Crippen LogP contribution in [-0.2, 0) is 0 Å². The lowest BCUT2D eigenvalue weighted by Gasteiger charge is -2.23. The van der Waals surface area contributed by atoms with Gasteiger partial charge in [0.05, 0.1) is 23.1 Å². The van der Waals surface area contributed by atoms with Gasteiger partial charge in [0.15, 0.2) is 0 Å². The Kier molecular flexibility index (Phi) is 4.66. The maximum absolute atomic E-state index is 10.3. The van der Waals surface area contributed by atoms with Gasteiger partial charge in [0.1, 0.15) is 5.75 Å². The number of fused-ring (bicyclic) bond motifs is 3. The normalized spacial score (nSPS) is 21.1. The summed E-state index contributed by atoms with van der Waals surface area (Å²) in [5.41, 5.74) is 14.8. The predicted octanol–water partition coefficient (Wildman–Crippen LogP) is 3.34. The van der Waals surface area contributed by atoms with Gasteiger partial charge in [-0.1, -0.05) is 30.3 Å². The Morgan fingerprint density at radius 2 is 2.07 bits per heavy atom. The average molecular weight is 390 g/mol. The molecule has 150 valence electrons. The maximum atomic E-state index is 10.3. The van der Waals surface area contributed by atoms with Gasteiger partial charge in [0.2, 0.25) is 0 Å². The van der Waals surface area contributed by atoms with Gasteiger partial charge >= 0.3 is 0 Å². The number of phenolic OH excluding ortho intramolecular Hbond substituents is 1. The van der Waals surface area contributed by atoms with E-state index in [0.29, 0.717) is 0 Å². The van der Waals surface area contributed by atoms with Crippen molar-refractivity contribution >= 4 is 17.0 Å². The number of hydrogen-bond acceptors (Lipinski definition) is 6. The first-order valence-corrected chi connectivity index (χ1v) is 10.3. The second-order valence-electron chi connectivity index (χ2n) is 7.85. The quantitative estimate of drug-likeness (QED) is 0.519. The lowest BCUT2D eigenvalue weighted by molar-refractivity contribution is 0.281. The van der Waals surface area contributed by atoms with Crippen molar-refractivity contribution in [1.82, 2.24) is 21.3 Å². The van der Waals surface area contributed by atoms with E-state index in [9.17, 15) is 5.11 Å². The molecule has 0 amide bonds. The van der Waals surface area contributed by atoms with Gasteiger partial charge in [-0.2, -0.15) is 0 Å². The first-order chi connectivity index (χ1) is 14.2. The molecular formula is C23H27N5O. The highest BCUT2D eigenvalue weighted by Gasteiger charge is 2.30. The number of allylic oxidation sites excluding steroid dienone is 1. The molecule has 0 fully saturated rings. The second kappa shape index (κ2) is 7.46. The maximum Gasteiger partial charge on any atom is 0.138 e. The molecule has 3 heterocycles. The Labute approximate surface area is 171 Å². The van der Waals surface area contributed by atoms with E-state index in [2.05, 4.69) is 57.8 Å². The number of rotatable bonds is 3. The molecule has 0 aromatic heterocycles. The molecule has 2 aromatic rings. The third kappa shape index (κ3) is 3.34. The Morgan fingerprint density at radius 3 is 2.90 bits per heavy atom. The number of anilines is 1. The van der Waals surface area contributed by atoms with Crippen LogP contribution in [0.3, 0.4) is 0 Å². The summed E-state index contributed by atoms with van der Waals surface area (Å²) in [5, 5.41) is 19.5. The van der Waals surface area contributed by atoms with Crippen LogP contribution in [0.2, 0.25) is 0 Å². The number of hydrazine groups is 2. The van der Waals surface area contributed by atoms with Crippen molar-refractivity contribution in [2.45, 2.75) is 25.8 Å². The summed E-state index contributed by atoms with van der Waals surface area (Å²) in [6, 6.07) is 14.4. The van der Waals surface area contributed by atoms with Crippen LogP contribution in [0, 0.1) is 0 Å². The number of hydrogen-bond donors (Lipinski definition) is 5. The fourth-order valence-corrected chi connectivity index (χ4v) is 4.48. The van der Waals surface area contributed by atoms with Crippen molar-refractivity contribution < 1.29 is 5.11 Å². The summed E-state index contributed by atoms with van der Waals surface area (Å²) in [6.45, 7) is 4.92. The van der Waals surface area contributed by atoms with E-state index in [4.69, 9.17) is 0 Å². The monoisotopic (exact) mass is 389 g/mol. The molecule has 0 bridgehead atoms. The van der Waals surface area contributed by atoms with Gasteiger partial charge in [0.25, 0.3) is 0 Å². The van der Waals surface area contributed by atoms with Crippen LogP contribution >= 0.6 is 0 Å². The van der Waals surface area contributed by atoms with Gasteiger partial charge in [-0.05, 0) is 61.2 Å². The van der Waals surface area contributed by atoms with Gasteiger partial charge in [0, 0.05) is 18.7 Å². The first-order valence-electron chi connectivity index (χ1n) is 10.3. The van der Waals surface area contributed by atoms with Crippen molar-refractivity contribution in [2.24, 2.45) is 0 Å². The molecule has 0 spiro atoms. The van der Waals surface area contributed by atoms with Crippen molar-refractivity contribution in [2.75, 3.05) is 25.0 Å². The summed E-state index contributed by atoms with van der Waals surface area (Å²) in [4.78, 5) is 0. The van der Waals surface area contributed by atoms with Crippen molar-refractivity contribution in [3.8, 4) is 5.75 Å². The molecule has 2 aromatic carbocycles. The van der Waals surface area contributed by atoms with Crippen LogP contribution in [0.4, 0.5) is 5.69 Å². The van der Waals surface area contributed by atoms with E-state index in [1.807, 2.05) is 18.2 Å². The van der Waals surface area contributed by atoms with Crippen LogP contribution in [0.1, 0.15) is 42.5 Å². The fourth-order valence-electron chi connectivity index (χ4n) is 4.48. The van der Waals surface area contributed by atoms with E-state index in [-0.39, 0.29) is 11.8 Å². The van der Waals surface area contributed by atoms with Gasteiger partial charge in [-0.15, -0.1) is 5.53 Å². The van der Waals surface area contributed by atoms with Crippen LogP contribution in [0.15, 0.2) is 54.2 Å². The van der Waals surface area contributed by atoms with Crippen LogP contribution in [-0.4, -0.2) is 29.7 Å². The highest BCUT2D eigenvalue weighted by molar-refractivity contribution is 5.76. The molecule has 29 heavy (non-hydrogen) atoms. The Balaban J connectivity index is 1.60. The number of phenols is 1. The Morgan fingerprint density at radius 1 is 1.17 bits per heavy atom. The van der Waals surface area contributed by atoms with Crippen molar-refractivity contribution in [1.29, 1.82) is 0 Å². The number of para-hydroxylation sites is 2. The highest BCUT2D eigenvalue weighted by Crippen LogP contribution is 2.39. The molecule has 3 aliphatic heterocycles. The lowest BCUT2D eigenvalue weighted by atomic mass is 9.91. The minimum Gasteiger partial charge on any atom is -0.506 e. The molecule has 0 saturated heterocycles. The molecule has 0 radical (unpaired) electrons. The van der Waals surface area contributed by atoms with Crippen molar-refractivity contribution in [3.05, 3.63) is 70.9 Å². The lowest BCUT2D eigenvalue weighted by Crippen LogP contribution is -2.37. The van der Waals surface area contributed by atoms with E-state index in [0.717, 1.165) is 43.9 Å². The minimum atomic E-state index is 0.105. The molecule has 5 N–H and O–H groups in total. The van der Waals surface area contributed by atoms with E-state index < -0.39 is 0 Å². The summed E-state index contributed by atoms with van der Waals surface area (Å²) in [7, 11) is 0. The van der Waals surface area contributed by atoms with Crippen molar-refractivity contribution in [3.63, 3.8) is 0 Å². The predicted molar refractivity (Wildman–Crippen MR) is 117 cm³/mol. The zero-order valence-electron chi connectivity index (χ0n) is 16.6. The first kappa shape index (κ1) is 18.1. The zero-order valence-corrected chi connectivity index (χ0v) is 16.6. The molecule has 5 rings (SSSR count). The summed E-state index contributed by atoms with van der Waals surface area (Å²) >= 11 is 0. The van der Waals surface area contributed by atoms with Crippen LogP contribution in [0.5, 0.6) is 5.75 Å². The Bertz CT molecular complexity index is 997. The second-order valence-corrected chi connectivity index (χ2v) is 7.85. The van der Waals surface area contributed by atoms with E-state index in [1.54, 1.807) is 6.07 Å². The van der Waals surface area contributed by atoms with Crippen LogP contribution in [0.25, 0.3) is 11.3 Å². The summed E-state index contributed by atoms with van der Waals surface area (Å²) < 4.78 is 0.